The molecule has 0 spiro atoms. The maximum Gasteiger partial charge on any atom is 0.136 e. The molecular formula is C14H11O4-. The molecule has 0 bridgehead atoms. The van der Waals surface area contributed by atoms with Crippen LogP contribution < -0.4 is 14.6 Å². The molecule has 0 saturated carbocycles. The van der Waals surface area contributed by atoms with Crippen molar-refractivity contribution in [3.8, 4) is 17.2 Å². The molecule has 0 saturated heterocycles. The third-order valence-corrected chi connectivity index (χ3v) is 2.39. The monoisotopic (exact) mass is 243 g/mol. The van der Waals surface area contributed by atoms with Gasteiger partial charge in [-0.2, -0.15) is 0 Å². The number of carbonyl (C=O) groups is 1. The highest BCUT2D eigenvalue weighted by Crippen LogP contribution is 2.26. The second-order valence-corrected chi connectivity index (χ2v) is 3.56. The quantitative estimate of drug-likeness (QED) is 0.822. The van der Waals surface area contributed by atoms with Crippen molar-refractivity contribution in [2.45, 2.75) is 0 Å². The molecule has 0 aromatic heterocycles. The fourth-order valence-corrected chi connectivity index (χ4v) is 1.50. The summed E-state index contributed by atoms with van der Waals surface area (Å²) in [5.74, 6) is 0.224. The molecule has 0 atom stereocenters. The number of carboxylic acid groups (broad SMARTS) is 1. The molecule has 0 aliphatic carbocycles. The Balaban J connectivity index is 2.25. The molecule has 4 nitrogen and oxygen atoms in total. The van der Waals surface area contributed by atoms with Crippen LogP contribution in [0.2, 0.25) is 0 Å². The lowest BCUT2D eigenvalue weighted by atomic mass is 10.2. The second kappa shape index (κ2) is 5.23. The summed E-state index contributed by atoms with van der Waals surface area (Å²) in [6.07, 6.45) is 0. The van der Waals surface area contributed by atoms with Crippen molar-refractivity contribution < 1.29 is 19.4 Å². The standard InChI is InChI=1S/C14H12O4/c1-17-10-6-8-11(9-7-10)18-13-5-3-2-4-12(13)14(15)16/h2-9H,1H3,(H,15,16)/p-1. The second-order valence-electron chi connectivity index (χ2n) is 3.56. The van der Waals surface area contributed by atoms with Gasteiger partial charge in [-0.05, 0) is 36.4 Å². The average molecular weight is 243 g/mol. The third-order valence-electron chi connectivity index (χ3n) is 2.39. The first-order valence-electron chi connectivity index (χ1n) is 5.33. The van der Waals surface area contributed by atoms with Crippen LogP contribution in [0.3, 0.4) is 0 Å². The first kappa shape index (κ1) is 12.0. The summed E-state index contributed by atoms with van der Waals surface area (Å²) in [5.41, 5.74) is 0.0216. The predicted molar refractivity (Wildman–Crippen MR) is 63.8 cm³/mol. The van der Waals surface area contributed by atoms with E-state index in [-0.39, 0.29) is 11.3 Å². The topological polar surface area (TPSA) is 58.6 Å². The van der Waals surface area contributed by atoms with Gasteiger partial charge >= 0.3 is 0 Å². The van der Waals surface area contributed by atoms with Gasteiger partial charge < -0.3 is 19.4 Å². The molecule has 2 rings (SSSR count). The van der Waals surface area contributed by atoms with Crippen molar-refractivity contribution in [2.24, 2.45) is 0 Å². The molecule has 0 heterocycles. The van der Waals surface area contributed by atoms with E-state index in [4.69, 9.17) is 9.47 Å². The van der Waals surface area contributed by atoms with Gasteiger partial charge in [0, 0.05) is 5.56 Å². The number of carbonyl (C=O) groups excluding carboxylic acids is 1. The first-order chi connectivity index (χ1) is 8.70. The van der Waals surface area contributed by atoms with Crippen LogP contribution in [0.1, 0.15) is 10.4 Å². The van der Waals surface area contributed by atoms with Gasteiger partial charge in [-0.1, -0.05) is 12.1 Å². The Hall–Kier alpha value is -2.49. The molecule has 0 unspecified atom stereocenters. The summed E-state index contributed by atoms with van der Waals surface area (Å²) in [5, 5.41) is 10.9. The lowest BCUT2D eigenvalue weighted by Crippen LogP contribution is -2.22. The smallest absolute Gasteiger partial charge is 0.136 e. The molecule has 0 radical (unpaired) electrons. The highest BCUT2D eigenvalue weighted by atomic mass is 16.5. The Bertz CT molecular complexity index is 546. The van der Waals surface area contributed by atoms with Crippen LogP contribution in [-0.4, -0.2) is 13.1 Å². The Morgan fingerprint density at radius 1 is 1.00 bits per heavy atom. The number of aromatic carboxylic acids is 1. The molecule has 2 aromatic rings. The van der Waals surface area contributed by atoms with E-state index in [1.165, 1.54) is 6.07 Å². The van der Waals surface area contributed by atoms with Crippen molar-refractivity contribution in [1.82, 2.24) is 0 Å². The first-order valence-corrected chi connectivity index (χ1v) is 5.33. The van der Waals surface area contributed by atoms with Crippen LogP contribution in [-0.2, 0) is 0 Å². The fraction of sp³-hybridized carbons (Fsp3) is 0.0714. The van der Waals surface area contributed by atoms with E-state index in [0.29, 0.717) is 11.5 Å². The Labute approximate surface area is 104 Å². The zero-order chi connectivity index (χ0) is 13.0. The minimum atomic E-state index is -1.26. The van der Waals surface area contributed by atoms with Crippen molar-refractivity contribution >= 4 is 5.97 Å². The Morgan fingerprint density at radius 2 is 1.61 bits per heavy atom. The lowest BCUT2D eigenvalue weighted by Gasteiger charge is -2.11. The van der Waals surface area contributed by atoms with E-state index >= 15 is 0 Å². The van der Waals surface area contributed by atoms with Crippen LogP contribution in [0.4, 0.5) is 0 Å². The molecule has 0 aliphatic rings. The van der Waals surface area contributed by atoms with E-state index in [0.717, 1.165) is 0 Å². The van der Waals surface area contributed by atoms with Crippen molar-refractivity contribution in [2.75, 3.05) is 7.11 Å². The van der Waals surface area contributed by atoms with Gasteiger partial charge in [0.2, 0.25) is 0 Å². The lowest BCUT2D eigenvalue weighted by molar-refractivity contribution is -0.255. The van der Waals surface area contributed by atoms with Gasteiger partial charge in [0.05, 0.1) is 13.1 Å². The summed E-state index contributed by atoms with van der Waals surface area (Å²) >= 11 is 0. The maximum atomic E-state index is 10.9. The van der Waals surface area contributed by atoms with Gasteiger partial charge in [0.1, 0.15) is 17.2 Å². The molecule has 0 N–H and O–H groups in total. The van der Waals surface area contributed by atoms with E-state index in [2.05, 4.69) is 0 Å². The third kappa shape index (κ3) is 2.60. The number of benzene rings is 2. The van der Waals surface area contributed by atoms with Crippen molar-refractivity contribution in [3.63, 3.8) is 0 Å². The average Bonchev–Trinajstić information content (AvgIpc) is 2.40. The maximum absolute atomic E-state index is 10.9. The van der Waals surface area contributed by atoms with Gasteiger partial charge in [-0.25, -0.2) is 0 Å². The van der Waals surface area contributed by atoms with Gasteiger partial charge in [-0.15, -0.1) is 0 Å². The molecule has 0 amide bonds. The summed E-state index contributed by atoms with van der Waals surface area (Å²) in [4.78, 5) is 10.9. The van der Waals surface area contributed by atoms with Crippen LogP contribution in [0.15, 0.2) is 48.5 Å². The highest BCUT2D eigenvalue weighted by Gasteiger charge is 2.05. The number of hydrogen-bond donors (Lipinski definition) is 0. The summed E-state index contributed by atoms with van der Waals surface area (Å²) in [6, 6.07) is 13.2. The predicted octanol–water partition coefficient (Wildman–Crippen LogP) is 1.85. The number of methoxy groups -OCH3 is 1. The number of ether oxygens (including phenoxy) is 2. The van der Waals surface area contributed by atoms with E-state index < -0.39 is 5.97 Å². The van der Waals surface area contributed by atoms with Gasteiger partial charge in [0.25, 0.3) is 0 Å². The van der Waals surface area contributed by atoms with Crippen molar-refractivity contribution in [1.29, 1.82) is 0 Å². The SMILES string of the molecule is COc1ccc(Oc2ccccc2C(=O)[O-])cc1. The van der Waals surface area contributed by atoms with E-state index in [1.54, 1.807) is 49.6 Å². The number of carboxylic acids is 1. The van der Waals surface area contributed by atoms with E-state index in [9.17, 15) is 9.90 Å². The normalized spacial score (nSPS) is 9.83. The molecule has 2 aromatic carbocycles. The van der Waals surface area contributed by atoms with Crippen LogP contribution in [0.25, 0.3) is 0 Å². The van der Waals surface area contributed by atoms with E-state index in [1.807, 2.05) is 0 Å². The zero-order valence-electron chi connectivity index (χ0n) is 9.75. The van der Waals surface area contributed by atoms with Crippen LogP contribution >= 0.6 is 0 Å². The summed E-state index contributed by atoms with van der Waals surface area (Å²) < 4.78 is 10.5. The highest BCUT2D eigenvalue weighted by molar-refractivity contribution is 5.89. The molecule has 4 heteroatoms. The minimum absolute atomic E-state index is 0.0216. The van der Waals surface area contributed by atoms with Gasteiger partial charge in [-0.3, -0.25) is 0 Å². The molecular weight excluding hydrogens is 232 g/mol. The zero-order valence-corrected chi connectivity index (χ0v) is 9.75. The molecule has 0 aliphatic heterocycles. The van der Waals surface area contributed by atoms with Crippen LogP contribution in [0, 0.1) is 0 Å². The number of rotatable bonds is 4. The van der Waals surface area contributed by atoms with Gasteiger partial charge in [0.15, 0.2) is 0 Å². The Kier molecular flexibility index (Phi) is 3.48. The summed E-state index contributed by atoms with van der Waals surface area (Å²) in [6.45, 7) is 0. The van der Waals surface area contributed by atoms with Crippen molar-refractivity contribution in [3.05, 3.63) is 54.1 Å². The number of hydrogen-bond acceptors (Lipinski definition) is 4. The summed E-state index contributed by atoms with van der Waals surface area (Å²) in [7, 11) is 1.57. The Morgan fingerprint density at radius 3 is 2.22 bits per heavy atom. The van der Waals surface area contributed by atoms with Crippen LogP contribution in [0.5, 0.6) is 17.2 Å². The minimum Gasteiger partial charge on any atom is -0.545 e. The fourth-order valence-electron chi connectivity index (χ4n) is 1.50. The molecule has 18 heavy (non-hydrogen) atoms. The number of para-hydroxylation sites is 1. The molecule has 92 valence electrons. The largest absolute Gasteiger partial charge is 0.545 e. The molecule has 0 fully saturated rings.